The van der Waals surface area contributed by atoms with Crippen LogP contribution in [0.3, 0.4) is 0 Å². The molecule has 0 aliphatic heterocycles. The maximum absolute atomic E-state index is 12.4. The molecule has 23 heavy (non-hydrogen) atoms. The van der Waals surface area contributed by atoms with Crippen molar-refractivity contribution in [1.82, 2.24) is 4.90 Å². The number of methoxy groups -OCH3 is 1. The van der Waals surface area contributed by atoms with Crippen LogP contribution in [0.2, 0.25) is 0 Å². The number of hydrogen-bond acceptors (Lipinski definition) is 4. The number of phenolic OH excluding ortho intramolecular Hbond substituents is 1. The molecule has 1 N–H and O–H groups in total. The Kier molecular flexibility index (Phi) is 5.90. The highest BCUT2D eigenvalue weighted by Gasteiger charge is 2.17. The van der Waals surface area contributed by atoms with E-state index in [2.05, 4.69) is 0 Å². The highest BCUT2D eigenvalue weighted by molar-refractivity contribution is 7.91. The molecule has 6 heteroatoms. The summed E-state index contributed by atoms with van der Waals surface area (Å²) in [5.74, 6) is 0.379. The Balaban J connectivity index is 1.97. The molecule has 1 unspecified atom stereocenters. The number of rotatable bonds is 6. The summed E-state index contributed by atoms with van der Waals surface area (Å²) in [5, 5.41) is 9.57. The lowest BCUT2D eigenvalue weighted by Gasteiger charge is -2.19. The number of carbonyl (C=O) groups excluding carboxylic acids is 1. The molecule has 2 rings (SSSR count). The average Bonchev–Trinajstić information content (AvgIpc) is 2.59. The van der Waals surface area contributed by atoms with Crippen LogP contribution in [0.4, 0.5) is 0 Å². The van der Waals surface area contributed by atoms with E-state index in [1.54, 1.807) is 7.05 Å². The van der Waals surface area contributed by atoms with Gasteiger partial charge in [0.2, 0.25) is 0 Å². The minimum absolute atomic E-state index is 0.0168. The van der Waals surface area contributed by atoms with Crippen LogP contribution in [0.25, 0.3) is 0 Å². The van der Waals surface area contributed by atoms with Crippen LogP contribution in [-0.4, -0.2) is 46.9 Å². The summed E-state index contributed by atoms with van der Waals surface area (Å²) in [7, 11) is 3.08. The second-order valence-corrected chi connectivity index (χ2v) is 6.55. The predicted molar refractivity (Wildman–Crippen MR) is 89.3 cm³/mol. The summed E-state index contributed by atoms with van der Waals surface area (Å²) < 4.78 is 17.2. The fourth-order valence-corrected chi connectivity index (χ4v) is 3.18. The van der Waals surface area contributed by atoms with Crippen molar-refractivity contribution < 1.29 is 19.2 Å². The van der Waals surface area contributed by atoms with E-state index in [9.17, 15) is 14.5 Å². The number of nitrogens with zero attached hydrogens (tertiary/aromatic N) is 1. The quantitative estimate of drug-likeness (QED) is 0.823. The van der Waals surface area contributed by atoms with Gasteiger partial charge in [-0.05, 0) is 41.5 Å². The summed E-state index contributed by atoms with van der Waals surface area (Å²) in [6, 6.07) is 13.6. The Morgan fingerprint density at radius 2 is 1.96 bits per heavy atom. The Morgan fingerprint density at radius 1 is 1.26 bits per heavy atom. The zero-order valence-corrected chi connectivity index (χ0v) is 13.9. The lowest BCUT2D eigenvalue weighted by Crippen LogP contribution is -2.31. The van der Waals surface area contributed by atoms with Gasteiger partial charge in [0.1, 0.15) is 5.75 Å². The van der Waals surface area contributed by atoms with Gasteiger partial charge in [-0.15, -0.1) is 0 Å². The Labute approximate surface area is 138 Å². The molecule has 0 heterocycles. The van der Waals surface area contributed by atoms with Crippen LogP contribution in [0.5, 0.6) is 11.5 Å². The average molecular weight is 333 g/mol. The maximum atomic E-state index is 12.4. The van der Waals surface area contributed by atoms with Crippen LogP contribution in [-0.2, 0) is 11.2 Å². The van der Waals surface area contributed by atoms with Crippen molar-refractivity contribution in [2.45, 2.75) is 4.90 Å². The molecule has 1 atom stereocenters. The van der Waals surface area contributed by atoms with Gasteiger partial charge in [0.15, 0.2) is 16.4 Å². The van der Waals surface area contributed by atoms with E-state index >= 15 is 0 Å². The van der Waals surface area contributed by atoms with Crippen molar-refractivity contribution in [3.8, 4) is 11.5 Å². The summed E-state index contributed by atoms with van der Waals surface area (Å²) >= 11 is -1.15. The number of carbonyl (C=O) groups is 1. The third-order valence-electron chi connectivity index (χ3n) is 3.39. The molecule has 122 valence electrons. The van der Waals surface area contributed by atoms with Gasteiger partial charge in [0, 0.05) is 12.6 Å². The molecule has 1 amide bonds. The monoisotopic (exact) mass is 333 g/mol. The van der Waals surface area contributed by atoms with Gasteiger partial charge < -0.3 is 19.3 Å². The standard InChI is InChI=1S/C17H19NO4S/c1-18(10-11-23(21)14-6-4-3-5-7-14)17(20)13-8-9-15(19)16(12-13)22-2/h3-9,12,19H,10-11H2,1-2H3. The Hall–Kier alpha value is -2.18. The summed E-state index contributed by atoms with van der Waals surface area (Å²) in [6.07, 6.45) is 0. The highest BCUT2D eigenvalue weighted by atomic mass is 32.2. The Bertz CT molecular complexity index is 663. The number of aromatic hydroxyl groups is 1. The maximum Gasteiger partial charge on any atom is 0.253 e. The highest BCUT2D eigenvalue weighted by Crippen LogP contribution is 2.26. The minimum atomic E-state index is -1.15. The van der Waals surface area contributed by atoms with Crippen molar-refractivity contribution in [2.24, 2.45) is 0 Å². The van der Waals surface area contributed by atoms with Crippen LogP contribution in [0.1, 0.15) is 10.4 Å². The number of phenols is 1. The van der Waals surface area contributed by atoms with Crippen molar-refractivity contribution in [3.63, 3.8) is 0 Å². The van der Waals surface area contributed by atoms with Crippen molar-refractivity contribution in [2.75, 3.05) is 26.5 Å². The summed E-state index contributed by atoms with van der Waals surface area (Å²) in [5.41, 5.74) is 0.410. The summed E-state index contributed by atoms with van der Waals surface area (Å²) in [6.45, 7) is 0.365. The topological polar surface area (TPSA) is 72.8 Å². The molecule has 0 aromatic heterocycles. The third-order valence-corrected chi connectivity index (χ3v) is 4.74. The van der Waals surface area contributed by atoms with Crippen LogP contribution < -0.4 is 4.74 Å². The molecule has 0 fully saturated rings. The predicted octanol–water partition coefficient (Wildman–Crippen LogP) is 2.28. The zero-order chi connectivity index (χ0) is 16.8. The fourth-order valence-electron chi connectivity index (χ4n) is 2.04. The van der Waals surface area contributed by atoms with E-state index in [4.69, 9.17) is 4.74 Å². The van der Waals surface area contributed by atoms with Crippen LogP contribution >= 0.6 is 0 Å². The van der Waals surface area contributed by atoms with Gasteiger partial charge in [-0.3, -0.25) is 4.79 Å². The fraction of sp³-hybridized carbons (Fsp3) is 0.235. The molecule has 0 saturated heterocycles. The van der Waals surface area contributed by atoms with Gasteiger partial charge >= 0.3 is 0 Å². The van der Waals surface area contributed by atoms with Gasteiger partial charge in [0.25, 0.3) is 5.91 Å². The molecular formula is C17H19NO4S. The summed E-state index contributed by atoms with van der Waals surface area (Å²) in [4.78, 5) is 14.6. The van der Waals surface area contributed by atoms with E-state index in [0.717, 1.165) is 4.90 Å². The minimum Gasteiger partial charge on any atom is -0.611 e. The molecule has 0 aliphatic rings. The van der Waals surface area contributed by atoms with E-state index in [1.807, 2.05) is 30.3 Å². The van der Waals surface area contributed by atoms with Crippen molar-refractivity contribution in [3.05, 3.63) is 54.1 Å². The van der Waals surface area contributed by atoms with Crippen LogP contribution in [0, 0.1) is 0 Å². The number of amides is 1. The molecular weight excluding hydrogens is 314 g/mol. The molecule has 0 spiro atoms. The molecule has 0 bridgehead atoms. The molecule has 0 aliphatic carbocycles. The van der Waals surface area contributed by atoms with E-state index in [1.165, 1.54) is 30.2 Å². The first-order valence-electron chi connectivity index (χ1n) is 7.09. The molecule has 0 saturated carbocycles. The lowest BCUT2D eigenvalue weighted by molar-refractivity contribution is 0.0803. The SMILES string of the molecule is COc1cc(C(=O)N(C)CC[S+]([O-])c2ccccc2)ccc1O. The van der Waals surface area contributed by atoms with E-state index < -0.39 is 11.2 Å². The number of hydrogen-bond donors (Lipinski definition) is 1. The molecule has 2 aromatic rings. The first-order chi connectivity index (χ1) is 11.0. The van der Waals surface area contributed by atoms with E-state index in [0.29, 0.717) is 17.9 Å². The Morgan fingerprint density at radius 3 is 2.61 bits per heavy atom. The molecule has 2 aromatic carbocycles. The second kappa shape index (κ2) is 7.89. The smallest absolute Gasteiger partial charge is 0.253 e. The number of ether oxygens (including phenoxy) is 1. The largest absolute Gasteiger partial charge is 0.611 e. The van der Waals surface area contributed by atoms with E-state index in [-0.39, 0.29) is 17.4 Å². The zero-order valence-electron chi connectivity index (χ0n) is 13.1. The normalized spacial score (nSPS) is 11.8. The third kappa shape index (κ3) is 4.40. The van der Waals surface area contributed by atoms with Gasteiger partial charge in [-0.1, -0.05) is 18.2 Å². The lowest BCUT2D eigenvalue weighted by atomic mass is 10.2. The number of benzene rings is 2. The van der Waals surface area contributed by atoms with Crippen molar-refractivity contribution in [1.29, 1.82) is 0 Å². The molecule has 5 nitrogen and oxygen atoms in total. The molecule has 0 radical (unpaired) electrons. The van der Waals surface area contributed by atoms with Crippen LogP contribution in [0.15, 0.2) is 53.4 Å². The second-order valence-electron chi connectivity index (χ2n) is 4.98. The van der Waals surface area contributed by atoms with Gasteiger partial charge in [-0.2, -0.15) is 0 Å². The van der Waals surface area contributed by atoms with Gasteiger partial charge in [0.05, 0.1) is 13.7 Å². The van der Waals surface area contributed by atoms with Crippen molar-refractivity contribution >= 4 is 17.1 Å². The first-order valence-corrected chi connectivity index (χ1v) is 8.40. The van der Waals surface area contributed by atoms with Gasteiger partial charge in [-0.25, -0.2) is 0 Å². The first kappa shape index (κ1) is 17.2.